The molecule has 2 aromatic rings. The third-order valence-corrected chi connectivity index (χ3v) is 8.10. The van der Waals surface area contributed by atoms with Gasteiger partial charge in [0.15, 0.2) is 0 Å². The lowest BCUT2D eigenvalue weighted by Crippen LogP contribution is -2.54. The molecule has 3 aliphatic rings. The van der Waals surface area contributed by atoms with Crippen molar-refractivity contribution >= 4 is 6.03 Å². The van der Waals surface area contributed by atoms with Crippen molar-refractivity contribution in [3.05, 3.63) is 82.1 Å². The lowest BCUT2D eigenvalue weighted by Gasteiger charge is -2.44. The summed E-state index contributed by atoms with van der Waals surface area (Å²) in [5.41, 5.74) is 8.03. The zero-order valence-electron chi connectivity index (χ0n) is 22.9. The molecule has 6 nitrogen and oxygen atoms in total. The van der Waals surface area contributed by atoms with Gasteiger partial charge in [-0.25, -0.2) is 4.79 Å². The molecule has 6 heteroatoms. The van der Waals surface area contributed by atoms with Crippen LogP contribution in [0.4, 0.5) is 4.79 Å². The van der Waals surface area contributed by atoms with E-state index in [1.54, 1.807) is 14.2 Å². The number of urea groups is 1. The predicted molar refractivity (Wildman–Crippen MR) is 147 cm³/mol. The van der Waals surface area contributed by atoms with Crippen LogP contribution in [0.5, 0.6) is 11.5 Å². The Hall–Kier alpha value is -3.25. The third kappa shape index (κ3) is 4.63. The van der Waals surface area contributed by atoms with Crippen LogP contribution in [0.1, 0.15) is 47.6 Å². The first-order valence-electron chi connectivity index (χ1n) is 13.2. The molecule has 2 aromatic carbocycles. The van der Waals surface area contributed by atoms with Crippen LogP contribution in [0.3, 0.4) is 0 Å². The van der Waals surface area contributed by atoms with Gasteiger partial charge in [-0.1, -0.05) is 47.6 Å². The van der Waals surface area contributed by atoms with Gasteiger partial charge in [0, 0.05) is 43.5 Å². The van der Waals surface area contributed by atoms with E-state index in [2.05, 4.69) is 54.5 Å². The molecule has 0 bridgehead atoms. The van der Waals surface area contributed by atoms with E-state index in [1.165, 1.54) is 16.7 Å². The third-order valence-electron chi connectivity index (χ3n) is 8.10. The van der Waals surface area contributed by atoms with E-state index >= 15 is 0 Å². The Morgan fingerprint density at radius 3 is 2.35 bits per heavy atom. The summed E-state index contributed by atoms with van der Waals surface area (Å²) in [5.74, 6) is 1.56. The van der Waals surface area contributed by atoms with Crippen LogP contribution in [0, 0.1) is 13.8 Å². The number of amides is 2. The highest BCUT2D eigenvalue weighted by Gasteiger charge is 2.54. The van der Waals surface area contributed by atoms with E-state index in [9.17, 15) is 4.79 Å². The molecule has 2 amide bonds. The average molecular weight is 502 g/mol. The number of ether oxygens (including phenoxy) is 2. The van der Waals surface area contributed by atoms with E-state index in [0.29, 0.717) is 13.1 Å². The normalized spacial score (nSPS) is 18.8. The molecule has 5 rings (SSSR count). The molecular weight excluding hydrogens is 462 g/mol. The quantitative estimate of drug-likeness (QED) is 0.483. The molecule has 3 heterocycles. The number of allylic oxidation sites excluding steroid dienone is 1. The smallest absolute Gasteiger partial charge is 0.325 e. The minimum Gasteiger partial charge on any atom is -0.497 e. The standard InChI is InChI=1S/C31H39N3O3/c1-21(2)18-34-30(35)33-20-25-16-26(36-5)17-28(37-6)27(25)7-8-29(33)31(34)9-11-32(12-10-31)19-24-14-22(3)13-23(4)15-24/h8,13-17H,1,7,9-12,18-20H2,2-6H3. The number of fused-ring (bicyclic) bond motifs is 3. The van der Waals surface area contributed by atoms with Crippen LogP contribution in [-0.4, -0.2) is 60.1 Å². The van der Waals surface area contributed by atoms with Crippen molar-refractivity contribution in [3.63, 3.8) is 0 Å². The number of piperidine rings is 1. The van der Waals surface area contributed by atoms with Gasteiger partial charge in [-0.2, -0.15) is 0 Å². The minimum atomic E-state index is -0.311. The molecule has 3 aliphatic heterocycles. The van der Waals surface area contributed by atoms with E-state index in [0.717, 1.165) is 72.8 Å². The van der Waals surface area contributed by atoms with Gasteiger partial charge in [-0.05, 0) is 57.2 Å². The Bertz CT molecular complexity index is 1240. The highest BCUT2D eigenvalue weighted by atomic mass is 16.5. The van der Waals surface area contributed by atoms with Crippen molar-refractivity contribution in [2.24, 2.45) is 0 Å². The zero-order valence-corrected chi connectivity index (χ0v) is 22.9. The molecule has 2 fully saturated rings. The minimum absolute atomic E-state index is 0.0756. The van der Waals surface area contributed by atoms with Gasteiger partial charge in [-0.15, -0.1) is 0 Å². The second-order valence-electron chi connectivity index (χ2n) is 11.0. The van der Waals surface area contributed by atoms with Gasteiger partial charge < -0.3 is 14.4 Å². The number of likely N-dealkylation sites (tertiary alicyclic amines) is 1. The number of methoxy groups -OCH3 is 2. The summed E-state index contributed by atoms with van der Waals surface area (Å²) in [6.45, 7) is 14.4. The van der Waals surface area contributed by atoms with E-state index < -0.39 is 0 Å². The number of aryl methyl sites for hydroxylation is 2. The number of benzene rings is 2. The molecule has 196 valence electrons. The molecule has 37 heavy (non-hydrogen) atoms. The molecule has 0 saturated carbocycles. The van der Waals surface area contributed by atoms with Crippen molar-refractivity contribution in [2.75, 3.05) is 33.9 Å². The van der Waals surface area contributed by atoms with Crippen LogP contribution < -0.4 is 9.47 Å². The molecule has 0 aliphatic carbocycles. The van der Waals surface area contributed by atoms with Crippen molar-refractivity contribution in [3.8, 4) is 11.5 Å². The highest BCUT2D eigenvalue weighted by molar-refractivity contribution is 5.83. The Labute approximate surface area is 221 Å². The maximum atomic E-state index is 14.0. The maximum absolute atomic E-state index is 14.0. The molecule has 0 N–H and O–H groups in total. The molecular formula is C31H39N3O3. The van der Waals surface area contributed by atoms with E-state index in [1.807, 2.05) is 24.0 Å². The van der Waals surface area contributed by atoms with Gasteiger partial charge in [0.25, 0.3) is 0 Å². The van der Waals surface area contributed by atoms with Crippen molar-refractivity contribution in [1.82, 2.24) is 14.7 Å². The second kappa shape index (κ2) is 9.90. The van der Waals surface area contributed by atoms with Gasteiger partial charge in [0.05, 0.1) is 26.3 Å². The number of nitrogens with zero attached hydrogens (tertiary/aromatic N) is 3. The van der Waals surface area contributed by atoms with Gasteiger partial charge in [0.2, 0.25) is 0 Å². The molecule has 2 saturated heterocycles. The highest BCUT2D eigenvalue weighted by Crippen LogP contribution is 2.47. The fourth-order valence-corrected chi connectivity index (χ4v) is 6.51. The van der Waals surface area contributed by atoms with Crippen LogP contribution in [0.15, 0.2) is 54.3 Å². The molecule has 0 aromatic heterocycles. The lowest BCUT2D eigenvalue weighted by molar-refractivity contribution is 0.0909. The number of carbonyl (C=O) groups is 1. The summed E-state index contributed by atoms with van der Waals surface area (Å²) in [7, 11) is 3.36. The first kappa shape index (κ1) is 25.4. The van der Waals surface area contributed by atoms with Crippen molar-refractivity contribution in [1.29, 1.82) is 0 Å². The summed E-state index contributed by atoms with van der Waals surface area (Å²) < 4.78 is 11.2. The average Bonchev–Trinajstić information content (AvgIpc) is 2.98. The maximum Gasteiger partial charge on any atom is 0.325 e. The van der Waals surface area contributed by atoms with Crippen molar-refractivity contribution < 1.29 is 14.3 Å². The topological polar surface area (TPSA) is 45.3 Å². The molecule has 0 radical (unpaired) electrons. The zero-order chi connectivity index (χ0) is 26.3. The van der Waals surface area contributed by atoms with Gasteiger partial charge >= 0.3 is 6.03 Å². The van der Waals surface area contributed by atoms with Crippen LogP contribution in [0.25, 0.3) is 0 Å². The van der Waals surface area contributed by atoms with Gasteiger partial charge in [0.1, 0.15) is 11.5 Å². The SMILES string of the molecule is C=C(C)CN1C(=O)N2Cc3cc(OC)cc(OC)c3CC=C2C12CCN(Cc1cc(C)cc(C)c1)CC2. The number of rotatable bonds is 6. The van der Waals surface area contributed by atoms with E-state index in [4.69, 9.17) is 9.47 Å². The van der Waals surface area contributed by atoms with Crippen molar-refractivity contribution in [2.45, 2.75) is 58.7 Å². The summed E-state index contributed by atoms with van der Waals surface area (Å²) >= 11 is 0. The van der Waals surface area contributed by atoms with Gasteiger partial charge in [-0.3, -0.25) is 9.80 Å². The first-order valence-corrected chi connectivity index (χ1v) is 13.2. The Balaban J connectivity index is 1.45. The Morgan fingerprint density at radius 2 is 1.73 bits per heavy atom. The summed E-state index contributed by atoms with van der Waals surface area (Å²) in [6.07, 6.45) is 4.83. The molecule has 0 unspecified atom stereocenters. The number of carbonyl (C=O) groups excluding carboxylic acids is 1. The van der Waals surface area contributed by atoms with E-state index in [-0.39, 0.29) is 11.6 Å². The Morgan fingerprint density at radius 1 is 1.03 bits per heavy atom. The first-order chi connectivity index (χ1) is 17.7. The van der Waals surface area contributed by atoms with Crippen LogP contribution in [-0.2, 0) is 19.5 Å². The summed E-state index contributed by atoms with van der Waals surface area (Å²) in [6, 6.07) is 10.9. The summed E-state index contributed by atoms with van der Waals surface area (Å²) in [5, 5.41) is 0. The number of hydrogen-bond donors (Lipinski definition) is 0. The van der Waals surface area contributed by atoms with Crippen LogP contribution in [0.2, 0.25) is 0 Å². The predicted octanol–water partition coefficient (Wildman–Crippen LogP) is 5.61. The second-order valence-corrected chi connectivity index (χ2v) is 11.0. The largest absolute Gasteiger partial charge is 0.497 e. The fourth-order valence-electron chi connectivity index (χ4n) is 6.51. The molecule has 0 atom stereocenters. The van der Waals surface area contributed by atoms with Crippen LogP contribution >= 0.6 is 0 Å². The Kier molecular flexibility index (Phi) is 6.80. The molecule has 1 spiro atoms. The monoisotopic (exact) mass is 501 g/mol. The number of hydrogen-bond acceptors (Lipinski definition) is 4. The lowest BCUT2D eigenvalue weighted by atomic mass is 9.82. The summed E-state index contributed by atoms with van der Waals surface area (Å²) in [4.78, 5) is 20.6. The fraction of sp³-hybridized carbons (Fsp3) is 0.452.